The topological polar surface area (TPSA) is 42.2 Å². The van der Waals surface area contributed by atoms with E-state index in [2.05, 4.69) is 39.4 Å². The molecule has 0 unspecified atom stereocenters. The van der Waals surface area contributed by atoms with Crippen LogP contribution in [0.2, 0.25) is 5.02 Å². The zero-order chi connectivity index (χ0) is 16.4. The van der Waals surface area contributed by atoms with Gasteiger partial charge in [-0.3, -0.25) is 4.90 Å². The molecule has 2 aromatic carbocycles. The minimum atomic E-state index is 0.308. The van der Waals surface area contributed by atoms with Crippen molar-refractivity contribution >= 4 is 11.6 Å². The molecule has 122 valence electrons. The first-order valence-corrected chi connectivity index (χ1v) is 8.51. The fourth-order valence-electron chi connectivity index (χ4n) is 3.13. The Balaban J connectivity index is 1.43. The molecule has 1 fully saturated rings. The van der Waals surface area contributed by atoms with Gasteiger partial charge in [-0.2, -0.15) is 0 Å². The molecule has 0 aliphatic carbocycles. The van der Waals surface area contributed by atoms with Crippen molar-refractivity contribution in [3.8, 4) is 11.5 Å². The molecule has 2 heterocycles. The van der Waals surface area contributed by atoms with Crippen molar-refractivity contribution < 1.29 is 4.42 Å². The van der Waals surface area contributed by atoms with Crippen LogP contribution in [0.25, 0.3) is 11.5 Å². The summed E-state index contributed by atoms with van der Waals surface area (Å²) in [6.45, 7) is 2.98. The lowest BCUT2D eigenvalue weighted by Gasteiger charge is -2.14. The predicted molar refractivity (Wildman–Crippen MR) is 93.8 cm³/mol. The van der Waals surface area contributed by atoms with Crippen molar-refractivity contribution in [2.45, 2.75) is 18.9 Å². The molecule has 24 heavy (non-hydrogen) atoms. The van der Waals surface area contributed by atoms with Crippen LogP contribution in [0.5, 0.6) is 0 Å². The van der Waals surface area contributed by atoms with Gasteiger partial charge in [0.05, 0.1) is 5.92 Å². The number of likely N-dealkylation sites (tertiary alicyclic amines) is 1. The molecule has 1 atom stereocenters. The molecule has 1 aromatic heterocycles. The minimum absolute atomic E-state index is 0.308. The van der Waals surface area contributed by atoms with Gasteiger partial charge in [-0.25, -0.2) is 0 Å². The molecule has 0 amide bonds. The zero-order valence-electron chi connectivity index (χ0n) is 13.2. The van der Waals surface area contributed by atoms with Crippen LogP contribution in [0.1, 0.15) is 23.8 Å². The average Bonchev–Trinajstić information content (AvgIpc) is 3.26. The van der Waals surface area contributed by atoms with E-state index < -0.39 is 0 Å². The fraction of sp³-hybridized carbons (Fsp3) is 0.263. The third-order valence-electron chi connectivity index (χ3n) is 4.40. The SMILES string of the molecule is Clc1ccc(-c2nnc([C@H]3CCN(Cc4ccccc4)C3)o2)cc1. The van der Waals surface area contributed by atoms with Crippen LogP contribution in [0.15, 0.2) is 59.0 Å². The summed E-state index contributed by atoms with van der Waals surface area (Å²) >= 11 is 5.92. The Bertz CT molecular complexity index is 801. The molecule has 4 rings (SSSR count). The Kier molecular flexibility index (Phi) is 4.32. The summed E-state index contributed by atoms with van der Waals surface area (Å²) < 4.78 is 5.90. The quantitative estimate of drug-likeness (QED) is 0.707. The summed E-state index contributed by atoms with van der Waals surface area (Å²) in [5, 5.41) is 9.15. The predicted octanol–water partition coefficient (Wildman–Crippen LogP) is 4.38. The molecule has 0 radical (unpaired) electrons. The first-order chi connectivity index (χ1) is 11.8. The van der Waals surface area contributed by atoms with Gasteiger partial charge in [0, 0.05) is 23.7 Å². The van der Waals surface area contributed by atoms with Gasteiger partial charge in [-0.05, 0) is 42.8 Å². The fourth-order valence-corrected chi connectivity index (χ4v) is 3.25. The highest BCUT2D eigenvalue weighted by Gasteiger charge is 2.28. The molecule has 5 heteroatoms. The van der Waals surface area contributed by atoms with Gasteiger partial charge in [0.1, 0.15) is 0 Å². The van der Waals surface area contributed by atoms with Crippen LogP contribution in [0.3, 0.4) is 0 Å². The second-order valence-electron chi connectivity index (χ2n) is 6.16. The van der Waals surface area contributed by atoms with Crippen molar-refractivity contribution in [1.29, 1.82) is 0 Å². The Morgan fingerprint density at radius 2 is 1.83 bits per heavy atom. The standard InChI is InChI=1S/C19H18ClN3O/c20-17-8-6-15(7-9-17)18-21-22-19(24-18)16-10-11-23(13-16)12-14-4-2-1-3-5-14/h1-9,16H,10-13H2/t16-/m0/s1. The van der Waals surface area contributed by atoms with E-state index >= 15 is 0 Å². The molecule has 0 bridgehead atoms. The molecule has 0 N–H and O–H groups in total. The van der Waals surface area contributed by atoms with Crippen LogP contribution < -0.4 is 0 Å². The molecule has 4 nitrogen and oxygen atoms in total. The number of aromatic nitrogens is 2. The van der Waals surface area contributed by atoms with Crippen molar-refractivity contribution in [1.82, 2.24) is 15.1 Å². The third kappa shape index (κ3) is 3.35. The maximum absolute atomic E-state index is 5.92. The second kappa shape index (κ2) is 6.75. The van der Waals surface area contributed by atoms with E-state index in [0.29, 0.717) is 16.8 Å². The smallest absolute Gasteiger partial charge is 0.247 e. The van der Waals surface area contributed by atoms with Crippen LogP contribution in [-0.2, 0) is 6.54 Å². The normalized spacial score (nSPS) is 18.1. The van der Waals surface area contributed by atoms with E-state index in [1.807, 2.05) is 30.3 Å². The van der Waals surface area contributed by atoms with Gasteiger partial charge in [0.25, 0.3) is 0 Å². The summed E-state index contributed by atoms with van der Waals surface area (Å²) in [4.78, 5) is 2.44. The van der Waals surface area contributed by atoms with Crippen molar-refractivity contribution in [3.05, 3.63) is 71.1 Å². The van der Waals surface area contributed by atoms with Crippen molar-refractivity contribution in [2.24, 2.45) is 0 Å². The van der Waals surface area contributed by atoms with Gasteiger partial charge < -0.3 is 4.42 Å². The Labute approximate surface area is 146 Å². The van der Waals surface area contributed by atoms with Crippen LogP contribution in [0.4, 0.5) is 0 Å². The third-order valence-corrected chi connectivity index (χ3v) is 4.65. The maximum atomic E-state index is 5.92. The Morgan fingerprint density at radius 1 is 1.04 bits per heavy atom. The molecule has 1 aliphatic rings. The molecule has 1 aliphatic heterocycles. The Hall–Kier alpha value is -2.17. The lowest BCUT2D eigenvalue weighted by Crippen LogP contribution is -2.19. The zero-order valence-corrected chi connectivity index (χ0v) is 14.0. The second-order valence-corrected chi connectivity index (χ2v) is 6.60. The first kappa shape index (κ1) is 15.4. The van der Waals surface area contributed by atoms with Crippen molar-refractivity contribution in [3.63, 3.8) is 0 Å². The van der Waals surface area contributed by atoms with E-state index in [4.69, 9.17) is 16.0 Å². The van der Waals surface area contributed by atoms with Crippen LogP contribution >= 0.6 is 11.6 Å². The number of halogens is 1. The number of nitrogens with zero attached hydrogens (tertiary/aromatic N) is 3. The maximum Gasteiger partial charge on any atom is 0.247 e. The highest BCUT2D eigenvalue weighted by molar-refractivity contribution is 6.30. The van der Waals surface area contributed by atoms with Crippen LogP contribution in [0, 0.1) is 0 Å². The van der Waals surface area contributed by atoms with E-state index in [0.717, 1.165) is 37.5 Å². The highest BCUT2D eigenvalue weighted by atomic mass is 35.5. The monoisotopic (exact) mass is 339 g/mol. The molecular formula is C19H18ClN3O. The molecule has 0 saturated carbocycles. The van der Waals surface area contributed by atoms with E-state index in [9.17, 15) is 0 Å². The van der Waals surface area contributed by atoms with Gasteiger partial charge >= 0.3 is 0 Å². The lowest BCUT2D eigenvalue weighted by molar-refractivity contribution is 0.320. The molecule has 0 spiro atoms. The van der Waals surface area contributed by atoms with E-state index in [1.165, 1.54) is 5.56 Å². The molecule has 1 saturated heterocycles. The van der Waals surface area contributed by atoms with Gasteiger partial charge in [-0.15, -0.1) is 10.2 Å². The number of hydrogen-bond acceptors (Lipinski definition) is 4. The largest absolute Gasteiger partial charge is 0.420 e. The van der Waals surface area contributed by atoms with Gasteiger partial charge in [0.2, 0.25) is 11.8 Å². The van der Waals surface area contributed by atoms with Crippen molar-refractivity contribution in [2.75, 3.05) is 13.1 Å². The average molecular weight is 340 g/mol. The Morgan fingerprint density at radius 3 is 2.62 bits per heavy atom. The summed E-state index contributed by atoms with van der Waals surface area (Å²) in [6.07, 6.45) is 1.05. The molecule has 3 aromatic rings. The number of hydrogen-bond donors (Lipinski definition) is 0. The van der Waals surface area contributed by atoms with Gasteiger partial charge in [0.15, 0.2) is 0 Å². The van der Waals surface area contributed by atoms with Crippen LogP contribution in [-0.4, -0.2) is 28.2 Å². The summed E-state index contributed by atoms with van der Waals surface area (Å²) in [6, 6.07) is 18.0. The number of rotatable bonds is 4. The summed E-state index contributed by atoms with van der Waals surface area (Å²) in [5.41, 5.74) is 2.24. The lowest BCUT2D eigenvalue weighted by atomic mass is 10.1. The first-order valence-electron chi connectivity index (χ1n) is 8.13. The number of benzene rings is 2. The van der Waals surface area contributed by atoms with Gasteiger partial charge in [-0.1, -0.05) is 41.9 Å². The van der Waals surface area contributed by atoms with E-state index in [1.54, 1.807) is 0 Å². The summed E-state index contributed by atoms with van der Waals surface area (Å²) in [5.74, 6) is 1.60. The molecular weight excluding hydrogens is 322 g/mol. The minimum Gasteiger partial charge on any atom is -0.420 e. The highest BCUT2D eigenvalue weighted by Crippen LogP contribution is 2.29. The summed E-state index contributed by atoms with van der Waals surface area (Å²) in [7, 11) is 0. The van der Waals surface area contributed by atoms with E-state index in [-0.39, 0.29) is 0 Å².